The summed E-state index contributed by atoms with van der Waals surface area (Å²) in [6.07, 6.45) is 5.40. The number of carbonyl (C=O) groups is 1. The van der Waals surface area contributed by atoms with Crippen LogP contribution in [0.25, 0.3) is 0 Å². The molecule has 0 saturated heterocycles. The average Bonchev–Trinajstić information content (AvgIpc) is 2.90. The number of carbonyl (C=O) groups excluding carboxylic acids is 1. The highest BCUT2D eigenvalue weighted by atomic mass is 16.5. The Balaban J connectivity index is 1.71. The molecule has 0 spiro atoms. The Hall–Kier alpha value is -1.35. The smallest absolute Gasteiger partial charge is 0.223 e. The molecule has 118 valence electrons. The van der Waals surface area contributed by atoms with E-state index in [-0.39, 0.29) is 16.7 Å². The third kappa shape index (κ3) is 1.75. The van der Waals surface area contributed by atoms with E-state index in [4.69, 9.17) is 10.5 Å². The number of benzene rings is 1. The van der Waals surface area contributed by atoms with Gasteiger partial charge in [-0.3, -0.25) is 4.79 Å². The van der Waals surface area contributed by atoms with Gasteiger partial charge in [-0.1, -0.05) is 30.3 Å². The molecule has 1 amide bonds. The first kappa shape index (κ1) is 14.3. The van der Waals surface area contributed by atoms with Gasteiger partial charge in [0.05, 0.1) is 5.41 Å². The molecule has 4 aliphatic rings. The fraction of sp³-hybridized carbons (Fsp3) is 0.632. The first-order valence-electron chi connectivity index (χ1n) is 8.46. The summed E-state index contributed by atoms with van der Waals surface area (Å²) in [5.74, 6) is 1.65. The Morgan fingerprint density at radius 3 is 2.73 bits per heavy atom. The number of rotatable bonds is 5. The highest BCUT2D eigenvalue weighted by Crippen LogP contribution is 2.73. The van der Waals surface area contributed by atoms with Crippen LogP contribution in [0.4, 0.5) is 0 Å². The van der Waals surface area contributed by atoms with Crippen LogP contribution in [0, 0.1) is 23.2 Å². The zero-order chi connectivity index (χ0) is 15.4. The molecule has 3 heteroatoms. The molecular formula is C19H25NO2. The van der Waals surface area contributed by atoms with Crippen LogP contribution in [0.15, 0.2) is 30.3 Å². The van der Waals surface area contributed by atoms with E-state index in [2.05, 4.69) is 30.3 Å². The number of hydrogen-bond acceptors (Lipinski definition) is 2. The molecule has 0 heterocycles. The van der Waals surface area contributed by atoms with Crippen LogP contribution in [-0.4, -0.2) is 19.6 Å². The van der Waals surface area contributed by atoms with Crippen LogP contribution < -0.4 is 5.73 Å². The van der Waals surface area contributed by atoms with Gasteiger partial charge in [0.15, 0.2) is 0 Å². The molecule has 5 unspecified atom stereocenters. The molecule has 1 aromatic rings. The lowest BCUT2D eigenvalue weighted by molar-refractivity contribution is -0.129. The third-order valence-electron chi connectivity index (χ3n) is 6.91. The van der Waals surface area contributed by atoms with Gasteiger partial charge < -0.3 is 10.5 Å². The second-order valence-electron chi connectivity index (χ2n) is 7.77. The number of nitrogens with two attached hydrogens (primary N) is 1. The molecule has 0 aromatic heterocycles. The molecule has 3 nitrogen and oxygen atoms in total. The molecule has 0 aliphatic heterocycles. The monoisotopic (exact) mass is 299 g/mol. The highest BCUT2D eigenvalue weighted by Gasteiger charge is 2.69. The van der Waals surface area contributed by atoms with Crippen LogP contribution in [-0.2, 0) is 14.9 Å². The van der Waals surface area contributed by atoms with E-state index in [1.807, 2.05) is 0 Å². The quantitative estimate of drug-likeness (QED) is 0.909. The molecule has 4 bridgehead atoms. The van der Waals surface area contributed by atoms with Crippen molar-refractivity contribution in [2.45, 2.75) is 37.5 Å². The van der Waals surface area contributed by atoms with Crippen molar-refractivity contribution < 1.29 is 9.53 Å². The van der Waals surface area contributed by atoms with Gasteiger partial charge in [0, 0.05) is 13.7 Å². The molecule has 22 heavy (non-hydrogen) atoms. The summed E-state index contributed by atoms with van der Waals surface area (Å²) >= 11 is 0. The van der Waals surface area contributed by atoms with Gasteiger partial charge in [0.2, 0.25) is 5.91 Å². The summed E-state index contributed by atoms with van der Waals surface area (Å²) in [5, 5.41) is 0. The molecule has 0 radical (unpaired) electrons. The minimum atomic E-state index is -0.253. The summed E-state index contributed by atoms with van der Waals surface area (Å²) in [4.78, 5) is 12.4. The molecule has 5 rings (SSSR count). The van der Waals surface area contributed by atoms with E-state index in [0.717, 1.165) is 32.3 Å². The van der Waals surface area contributed by atoms with E-state index in [1.54, 1.807) is 7.11 Å². The lowest BCUT2D eigenvalue weighted by Gasteiger charge is -2.43. The Kier molecular flexibility index (Phi) is 3.12. The standard InChI is InChI=1S/C19H25NO2/c1-22-8-7-15-13-9-18(14-5-3-2-4-6-14)11-16(15)19(10-13,12-18)17(20)21/h2-6,13,15-16H,7-12H2,1H3,(H2,20,21). The number of hydrogen-bond donors (Lipinski definition) is 1. The van der Waals surface area contributed by atoms with Crippen LogP contribution in [0.5, 0.6) is 0 Å². The third-order valence-corrected chi connectivity index (χ3v) is 6.91. The predicted octanol–water partition coefficient (Wildman–Crippen LogP) is 2.88. The van der Waals surface area contributed by atoms with Crippen LogP contribution in [0.3, 0.4) is 0 Å². The Bertz CT molecular complexity index is 586. The molecule has 5 atom stereocenters. The van der Waals surface area contributed by atoms with Gasteiger partial charge in [-0.15, -0.1) is 0 Å². The van der Waals surface area contributed by atoms with Crippen molar-refractivity contribution in [1.29, 1.82) is 0 Å². The summed E-state index contributed by atoms with van der Waals surface area (Å²) in [6.45, 7) is 0.796. The van der Waals surface area contributed by atoms with Crippen molar-refractivity contribution in [2.75, 3.05) is 13.7 Å². The normalized spacial score (nSPS) is 42.0. The first-order chi connectivity index (χ1) is 10.6. The van der Waals surface area contributed by atoms with Crippen molar-refractivity contribution in [1.82, 2.24) is 0 Å². The lowest BCUT2D eigenvalue weighted by atomic mass is 9.61. The number of ether oxygens (including phenoxy) is 1. The van der Waals surface area contributed by atoms with E-state index in [9.17, 15) is 4.79 Å². The maximum absolute atomic E-state index is 12.4. The second-order valence-corrected chi connectivity index (χ2v) is 7.77. The van der Waals surface area contributed by atoms with Gasteiger partial charge in [0.25, 0.3) is 0 Å². The van der Waals surface area contributed by atoms with E-state index in [1.165, 1.54) is 12.0 Å². The average molecular weight is 299 g/mol. The minimum absolute atomic E-state index is 0.0556. The van der Waals surface area contributed by atoms with Crippen LogP contribution in [0.1, 0.15) is 37.7 Å². The van der Waals surface area contributed by atoms with Crippen LogP contribution in [0.2, 0.25) is 0 Å². The molecular weight excluding hydrogens is 274 g/mol. The van der Waals surface area contributed by atoms with Gasteiger partial charge in [-0.05, 0) is 60.8 Å². The fourth-order valence-electron chi connectivity index (χ4n) is 6.23. The predicted molar refractivity (Wildman–Crippen MR) is 85.2 cm³/mol. The van der Waals surface area contributed by atoms with E-state index < -0.39 is 0 Å². The van der Waals surface area contributed by atoms with Gasteiger partial charge in [-0.25, -0.2) is 0 Å². The zero-order valence-corrected chi connectivity index (χ0v) is 13.3. The SMILES string of the molecule is COCCC1C2CC3(c4ccccc4)CC1C(C(N)=O)(C2)C3. The zero-order valence-electron chi connectivity index (χ0n) is 13.3. The Morgan fingerprint density at radius 2 is 2.05 bits per heavy atom. The Morgan fingerprint density at radius 1 is 1.27 bits per heavy atom. The molecule has 2 N–H and O–H groups in total. The van der Waals surface area contributed by atoms with Crippen molar-refractivity contribution in [3.05, 3.63) is 35.9 Å². The summed E-state index contributed by atoms with van der Waals surface area (Å²) in [6, 6.07) is 10.8. The summed E-state index contributed by atoms with van der Waals surface area (Å²) < 4.78 is 5.30. The summed E-state index contributed by atoms with van der Waals surface area (Å²) in [7, 11) is 1.76. The second kappa shape index (κ2) is 4.82. The summed E-state index contributed by atoms with van der Waals surface area (Å²) in [5.41, 5.74) is 7.26. The fourth-order valence-corrected chi connectivity index (χ4v) is 6.23. The Labute approximate surface area is 132 Å². The van der Waals surface area contributed by atoms with Crippen molar-refractivity contribution >= 4 is 5.91 Å². The highest BCUT2D eigenvalue weighted by molar-refractivity contribution is 5.83. The molecule has 1 aromatic carbocycles. The van der Waals surface area contributed by atoms with Gasteiger partial charge >= 0.3 is 0 Å². The van der Waals surface area contributed by atoms with Crippen molar-refractivity contribution in [3.8, 4) is 0 Å². The van der Waals surface area contributed by atoms with Gasteiger partial charge in [-0.2, -0.15) is 0 Å². The van der Waals surface area contributed by atoms with Crippen molar-refractivity contribution in [2.24, 2.45) is 28.9 Å². The van der Waals surface area contributed by atoms with E-state index in [0.29, 0.717) is 17.8 Å². The number of methoxy groups -OCH3 is 1. The topological polar surface area (TPSA) is 52.3 Å². The molecule has 4 fully saturated rings. The van der Waals surface area contributed by atoms with E-state index >= 15 is 0 Å². The lowest BCUT2D eigenvalue weighted by Crippen LogP contribution is -2.41. The minimum Gasteiger partial charge on any atom is -0.385 e. The maximum atomic E-state index is 12.4. The number of primary amides is 1. The largest absolute Gasteiger partial charge is 0.385 e. The first-order valence-corrected chi connectivity index (χ1v) is 8.46. The van der Waals surface area contributed by atoms with Crippen LogP contribution >= 0.6 is 0 Å². The molecule has 4 saturated carbocycles. The van der Waals surface area contributed by atoms with Gasteiger partial charge in [0.1, 0.15) is 0 Å². The maximum Gasteiger partial charge on any atom is 0.223 e. The molecule has 4 aliphatic carbocycles. The van der Waals surface area contributed by atoms with Crippen molar-refractivity contribution in [3.63, 3.8) is 0 Å². The number of amides is 1.